The Labute approximate surface area is 132 Å². The largest absolute Gasteiger partial charge is 0.417 e. The Morgan fingerprint density at radius 1 is 1.52 bits per heavy atom. The van der Waals surface area contributed by atoms with Crippen molar-refractivity contribution in [2.24, 2.45) is 5.41 Å². The lowest BCUT2D eigenvalue weighted by Crippen LogP contribution is -2.66. The van der Waals surface area contributed by atoms with Crippen molar-refractivity contribution in [3.05, 3.63) is 23.9 Å². The number of halogens is 2. The SMILES string of the molecule is O=C(NCc1ccnc(OC(F)F)c1)N[C@H]1CC2(CCC2)[C@H]1O. The number of aromatic nitrogens is 1. The second kappa shape index (κ2) is 6.27. The first kappa shape index (κ1) is 15.9. The number of ether oxygens (including phenoxy) is 1. The number of carbonyl (C=O) groups is 1. The fraction of sp³-hybridized carbons (Fsp3) is 0.600. The quantitative estimate of drug-likeness (QED) is 0.770. The van der Waals surface area contributed by atoms with Gasteiger partial charge in [-0.05, 0) is 30.9 Å². The van der Waals surface area contributed by atoms with Crippen LogP contribution in [-0.2, 0) is 6.54 Å². The molecule has 126 valence electrons. The van der Waals surface area contributed by atoms with E-state index in [9.17, 15) is 18.7 Å². The Bertz CT molecular complexity index is 581. The third-order valence-corrected chi connectivity index (χ3v) is 4.76. The van der Waals surface area contributed by atoms with Crippen molar-refractivity contribution >= 4 is 6.03 Å². The summed E-state index contributed by atoms with van der Waals surface area (Å²) in [5.41, 5.74) is 0.625. The minimum absolute atomic E-state index is 0.0323. The summed E-state index contributed by atoms with van der Waals surface area (Å²) in [5, 5.41) is 15.5. The van der Waals surface area contributed by atoms with E-state index >= 15 is 0 Å². The fourth-order valence-electron chi connectivity index (χ4n) is 3.32. The maximum Gasteiger partial charge on any atom is 0.388 e. The highest BCUT2D eigenvalue weighted by Crippen LogP contribution is 2.55. The van der Waals surface area contributed by atoms with Crippen LogP contribution in [0.5, 0.6) is 5.88 Å². The van der Waals surface area contributed by atoms with Crippen molar-refractivity contribution < 1.29 is 23.4 Å². The standard InChI is InChI=1S/C15H19F2N3O3/c16-13(17)23-11-6-9(2-5-18-11)8-19-14(22)20-10-7-15(12(10)21)3-1-4-15/h2,5-6,10,12-13,21H,1,3-4,7-8H2,(H2,19,20,22)/t10-,12-/m0/s1. The van der Waals surface area contributed by atoms with Gasteiger partial charge in [0.2, 0.25) is 5.88 Å². The van der Waals surface area contributed by atoms with Gasteiger partial charge in [0.1, 0.15) is 0 Å². The van der Waals surface area contributed by atoms with E-state index in [1.54, 1.807) is 6.07 Å². The molecule has 0 bridgehead atoms. The normalized spacial score (nSPS) is 24.7. The molecule has 0 saturated heterocycles. The zero-order chi connectivity index (χ0) is 16.4. The number of amides is 2. The number of hydrogen-bond donors (Lipinski definition) is 3. The van der Waals surface area contributed by atoms with E-state index in [1.807, 2.05) is 0 Å². The molecule has 2 saturated carbocycles. The number of hydrogen-bond acceptors (Lipinski definition) is 4. The van der Waals surface area contributed by atoms with Gasteiger partial charge in [-0.1, -0.05) is 6.42 Å². The Morgan fingerprint density at radius 3 is 2.91 bits per heavy atom. The van der Waals surface area contributed by atoms with Gasteiger partial charge in [-0.15, -0.1) is 0 Å². The van der Waals surface area contributed by atoms with Gasteiger partial charge >= 0.3 is 12.6 Å². The first-order valence-electron chi connectivity index (χ1n) is 7.61. The summed E-state index contributed by atoms with van der Waals surface area (Å²) >= 11 is 0. The lowest BCUT2D eigenvalue weighted by atomic mass is 9.52. The number of urea groups is 1. The van der Waals surface area contributed by atoms with Crippen LogP contribution in [0.15, 0.2) is 18.3 Å². The molecule has 2 aliphatic rings. The van der Waals surface area contributed by atoms with Crippen molar-refractivity contribution in [1.29, 1.82) is 0 Å². The molecule has 3 rings (SSSR count). The topological polar surface area (TPSA) is 83.5 Å². The third-order valence-electron chi connectivity index (χ3n) is 4.76. The van der Waals surface area contributed by atoms with Gasteiger partial charge < -0.3 is 20.5 Å². The molecule has 6 nitrogen and oxygen atoms in total. The molecule has 1 spiro atoms. The van der Waals surface area contributed by atoms with Gasteiger partial charge in [0, 0.05) is 24.2 Å². The molecule has 1 heterocycles. The van der Waals surface area contributed by atoms with E-state index < -0.39 is 18.7 Å². The van der Waals surface area contributed by atoms with Gasteiger partial charge in [0.25, 0.3) is 0 Å². The fourth-order valence-corrected chi connectivity index (χ4v) is 3.32. The molecular weight excluding hydrogens is 308 g/mol. The van der Waals surface area contributed by atoms with Crippen molar-refractivity contribution in [1.82, 2.24) is 15.6 Å². The predicted octanol–water partition coefficient (Wildman–Crippen LogP) is 1.79. The van der Waals surface area contributed by atoms with E-state index in [0.29, 0.717) is 5.56 Å². The second-order valence-electron chi connectivity index (χ2n) is 6.18. The van der Waals surface area contributed by atoms with Gasteiger partial charge in [-0.2, -0.15) is 8.78 Å². The molecular formula is C15H19F2N3O3. The first-order chi connectivity index (χ1) is 11.0. The van der Waals surface area contributed by atoms with E-state index in [0.717, 1.165) is 25.7 Å². The molecule has 3 N–H and O–H groups in total. The Morgan fingerprint density at radius 2 is 2.30 bits per heavy atom. The smallest absolute Gasteiger partial charge is 0.388 e. The van der Waals surface area contributed by atoms with E-state index in [1.165, 1.54) is 12.3 Å². The summed E-state index contributed by atoms with van der Waals surface area (Å²) in [6, 6.07) is 2.33. The molecule has 2 aliphatic carbocycles. The van der Waals surface area contributed by atoms with E-state index in [2.05, 4.69) is 20.4 Å². The van der Waals surface area contributed by atoms with Gasteiger partial charge in [-0.25, -0.2) is 9.78 Å². The monoisotopic (exact) mass is 327 g/mol. The number of pyridine rings is 1. The molecule has 23 heavy (non-hydrogen) atoms. The molecule has 2 atom stereocenters. The lowest BCUT2D eigenvalue weighted by molar-refractivity contribution is -0.138. The van der Waals surface area contributed by atoms with Crippen molar-refractivity contribution in [2.45, 2.75) is 51.0 Å². The average molecular weight is 327 g/mol. The van der Waals surface area contributed by atoms with E-state index in [-0.39, 0.29) is 23.9 Å². The highest BCUT2D eigenvalue weighted by molar-refractivity contribution is 5.74. The van der Waals surface area contributed by atoms with E-state index in [4.69, 9.17) is 0 Å². The lowest BCUT2D eigenvalue weighted by Gasteiger charge is -2.58. The molecule has 0 unspecified atom stereocenters. The van der Waals surface area contributed by atoms with Crippen LogP contribution in [0.1, 0.15) is 31.2 Å². The summed E-state index contributed by atoms with van der Waals surface area (Å²) in [7, 11) is 0. The molecule has 0 aliphatic heterocycles. The Kier molecular flexibility index (Phi) is 4.34. The molecule has 8 heteroatoms. The molecule has 1 aromatic rings. The Balaban J connectivity index is 1.44. The van der Waals surface area contributed by atoms with Crippen LogP contribution in [0, 0.1) is 5.41 Å². The minimum atomic E-state index is -2.94. The zero-order valence-corrected chi connectivity index (χ0v) is 12.5. The molecule has 1 aromatic heterocycles. The second-order valence-corrected chi connectivity index (χ2v) is 6.18. The minimum Gasteiger partial charge on any atom is -0.417 e. The highest BCUT2D eigenvalue weighted by Gasteiger charge is 2.56. The van der Waals surface area contributed by atoms with Crippen molar-refractivity contribution in [3.63, 3.8) is 0 Å². The average Bonchev–Trinajstić information content (AvgIpc) is 2.46. The number of rotatable bonds is 5. The molecule has 2 fully saturated rings. The highest BCUT2D eigenvalue weighted by atomic mass is 19.3. The van der Waals surface area contributed by atoms with Gasteiger partial charge in [-0.3, -0.25) is 0 Å². The van der Waals surface area contributed by atoms with Crippen LogP contribution in [0.4, 0.5) is 13.6 Å². The first-order valence-corrected chi connectivity index (χ1v) is 7.61. The van der Waals surface area contributed by atoms with Crippen LogP contribution in [0.3, 0.4) is 0 Å². The third kappa shape index (κ3) is 3.36. The number of carbonyl (C=O) groups excluding carboxylic acids is 1. The van der Waals surface area contributed by atoms with Crippen LogP contribution in [-0.4, -0.2) is 34.9 Å². The molecule has 2 amide bonds. The maximum atomic E-state index is 12.1. The Hall–Kier alpha value is -1.96. The van der Waals surface area contributed by atoms with Crippen LogP contribution in [0.25, 0.3) is 0 Å². The summed E-state index contributed by atoms with van der Waals surface area (Å²) < 4.78 is 28.4. The van der Waals surface area contributed by atoms with Gasteiger partial charge in [0.15, 0.2) is 0 Å². The van der Waals surface area contributed by atoms with Crippen molar-refractivity contribution in [2.75, 3.05) is 0 Å². The summed E-state index contributed by atoms with van der Waals surface area (Å²) in [5.74, 6) is -0.193. The number of nitrogens with zero attached hydrogens (tertiary/aromatic N) is 1. The summed E-state index contributed by atoms with van der Waals surface area (Å²) in [6.07, 6.45) is 4.86. The van der Waals surface area contributed by atoms with Crippen molar-refractivity contribution in [3.8, 4) is 5.88 Å². The number of nitrogens with one attached hydrogen (secondary N) is 2. The molecule has 0 aromatic carbocycles. The summed E-state index contributed by atoms with van der Waals surface area (Å²) in [4.78, 5) is 15.5. The van der Waals surface area contributed by atoms with Crippen LogP contribution < -0.4 is 15.4 Å². The number of aliphatic hydroxyl groups is 1. The van der Waals surface area contributed by atoms with Crippen LogP contribution >= 0.6 is 0 Å². The number of aliphatic hydroxyl groups excluding tert-OH is 1. The van der Waals surface area contributed by atoms with Gasteiger partial charge in [0.05, 0.1) is 12.1 Å². The predicted molar refractivity (Wildman–Crippen MR) is 76.9 cm³/mol. The zero-order valence-electron chi connectivity index (χ0n) is 12.5. The maximum absolute atomic E-state index is 12.1. The van der Waals surface area contributed by atoms with Crippen LogP contribution in [0.2, 0.25) is 0 Å². The summed E-state index contributed by atoms with van der Waals surface area (Å²) in [6.45, 7) is -2.78. The number of alkyl halides is 2. The molecule has 0 radical (unpaired) electrons.